The Morgan fingerprint density at radius 1 is 1.03 bits per heavy atom. The summed E-state index contributed by atoms with van der Waals surface area (Å²) < 4.78 is 25.7. The molecule has 1 aliphatic heterocycles. The van der Waals surface area contributed by atoms with E-state index in [2.05, 4.69) is 26.6 Å². The van der Waals surface area contributed by atoms with Crippen LogP contribution in [0.2, 0.25) is 0 Å². The van der Waals surface area contributed by atoms with Gasteiger partial charge in [-0.2, -0.15) is 0 Å². The van der Waals surface area contributed by atoms with Crippen LogP contribution in [0.5, 0.6) is 11.5 Å². The topological polar surface area (TPSA) is 59.6 Å². The van der Waals surface area contributed by atoms with E-state index in [0.717, 1.165) is 32.7 Å². The highest BCUT2D eigenvalue weighted by molar-refractivity contribution is 9.10. The quantitative estimate of drug-likeness (QED) is 0.368. The maximum Gasteiger partial charge on any atom is 0.174 e. The molecule has 7 heteroatoms. The van der Waals surface area contributed by atoms with Crippen molar-refractivity contribution in [3.05, 3.63) is 93.4 Å². The smallest absolute Gasteiger partial charge is 0.174 e. The largest absolute Gasteiger partial charge is 0.492 e. The van der Waals surface area contributed by atoms with Gasteiger partial charge >= 0.3 is 0 Å². The van der Waals surface area contributed by atoms with Crippen molar-refractivity contribution in [3.8, 4) is 11.5 Å². The average Bonchev–Trinajstić information content (AvgIpc) is 3.01. The minimum atomic E-state index is -0.385. The maximum atomic E-state index is 13.7. The Labute approximate surface area is 212 Å². The number of hydrogen-bond acceptors (Lipinski definition) is 5. The standard InChI is InChI=1S/C28H26BrFN2O3/c1-3-35-25-15-18(12-20(29)28(25)34-2)27-26-23(31-21-6-4-5-7-22(21)32-27)13-17(14-24(26)33)16-8-10-19(30)11-9-16/h4-12,15,17,27,31-32H,3,13-14H2,1-2H3. The van der Waals surface area contributed by atoms with E-state index in [4.69, 9.17) is 9.47 Å². The number of ketones is 1. The molecule has 2 aliphatic rings. The molecule has 0 saturated heterocycles. The average molecular weight is 537 g/mol. The van der Waals surface area contributed by atoms with E-state index < -0.39 is 0 Å². The number of nitrogens with one attached hydrogen (secondary N) is 2. The van der Waals surface area contributed by atoms with Gasteiger partial charge in [-0.25, -0.2) is 4.39 Å². The Morgan fingerprint density at radius 2 is 1.77 bits per heavy atom. The van der Waals surface area contributed by atoms with Crippen LogP contribution in [-0.2, 0) is 4.79 Å². The summed E-state index contributed by atoms with van der Waals surface area (Å²) in [5, 5.41) is 7.13. The third-order valence-corrected chi connectivity index (χ3v) is 7.11. The Kier molecular flexibility index (Phi) is 6.52. The molecule has 3 aromatic rings. The molecule has 1 aliphatic carbocycles. The van der Waals surface area contributed by atoms with Crippen LogP contribution >= 0.6 is 15.9 Å². The molecule has 0 radical (unpaired) electrons. The minimum Gasteiger partial charge on any atom is -0.492 e. The lowest BCUT2D eigenvalue weighted by molar-refractivity contribution is -0.116. The number of methoxy groups -OCH3 is 1. The van der Waals surface area contributed by atoms with Gasteiger partial charge in [-0.05, 0) is 82.7 Å². The number of benzene rings is 3. The van der Waals surface area contributed by atoms with Crippen molar-refractivity contribution < 1.29 is 18.7 Å². The molecule has 5 nitrogen and oxygen atoms in total. The molecule has 0 amide bonds. The number of anilines is 2. The van der Waals surface area contributed by atoms with Gasteiger partial charge in [-0.3, -0.25) is 4.79 Å². The molecule has 3 aromatic carbocycles. The Bertz CT molecular complexity index is 1310. The number of carbonyl (C=O) groups is 1. The van der Waals surface area contributed by atoms with Crippen LogP contribution in [0.3, 0.4) is 0 Å². The summed E-state index contributed by atoms with van der Waals surface area (Å²) in [6.45, 7) is 2.41. The van der Waals surface area contributed by atoms with Gasteiger partial charge in [0.05, 0.1) is 35.6 Å². The zero-order chi connectivity index (χ0) is 24.5. The van der Waals surface area contributed by atoms with Crippen molar-refractivity contribution >= 4 is 33.1 Å². The fourth-order valence-corrected chi connectivity index (χ4v) is 5.55. The summed E-state index contributed by atoms with van der Waals surface area (Å²) in [6, 6.07) is 17.9. The maximum absolute atomic E-state index is 13.7. The van der Waals surface area contributed by atoms with Crippen LogP contribution in [0.1, 0.15) is 42.9 Å². The molecule has 35 heavy (non-hydrogen) atoms. The molecule has 2 unspecified atom stereocenters. The normalized spacial score (nSPS) is 19.1. The highest BCUT2D eigenvalue weighted by Crippen LogP contribution is 2.46. The molecular weight excluding hydrogens is 511 g/mol. The second-order valence-corrected chi connectivity index (χ2v) is 9.54. The van der Waals surface area contributed by atoms with Gasteiger partial charge in [0.1, 0.15) is 5.82 Å². The molecule has 2 N–H and O–H groups in total. The predicted octanol–water partition coefficient (Wildman–Crippen LogP) is 6.98. The molecule has 0 saturated carbocycles. The second-order valence-electron chi connectivity index (χ2n) is 8.69. The van der Waals surface area contributed by atoms with Gasteiger partial charge in [-0.1, -0.05) is 24.3 Å². The van der Waals surface area contributed by atoms with E-state index in [1.165, 1.54) is 12.1 Å². The monoisotopic (exact) mass is 536 g/mol. The summed E-state index contributed by atoms with van der Waals surface area (Å²) in [4.78, 5) is 13.7. The number of para-hydroxylation sites is 2. The van der Waals surface area contributed by atoms with E-state index in [-0.39, 0.29) is 23.6 Å². The van der Waals surface area contributed by atoms with E-state index >= 15 is 0 Å². The number of ether oxygens (including phenoxy) is 2. The molecule has 1 heterocycles. The van der Waals surface area contributed by atoms with Crippen LogP contribution in [0.15, 0.2) is 76.4 Å². The van der Waals surface area contributed by atoms with Crippen LogP contribution in [0.4, 0.5) is 15.8 Å². The molecule has 180 valence electrons. The molecule has 0 aromatic heterocycles. The number of allylic oxidation sites excluding steroid dienone is 1. The lowest BCUT2D eigenvalue weighted by Gasteiger charge is -2.30. The Morgan fingerprint density at radius 3 is 2.49 bits per heavy atom. The van der Waals surface area contributed by atoms with Gasteiger partial charge in [0.25, 0.3) is 0 Å². The first kappa shape index (κ1) is 23.4. The highest BCUT2D eigenvalue weighted by Gasteiger charge is 2.36. The van der Waals surface area contributed by atoms with E-state index in [0.29, 0.717) is 36.5 Å². The van der Waals surface area contributed by atoms with Gasteiger partial charge < -0.3 is 20.1 Å². The van der Waals surface area contributed by atoms with E-state index in [1.54, 1.807) is 19.2 Å². The summed E-state index contributed by atoms with van der Waals surface area (Å²) in [6.07, 6.45) is 1.01. The molecule has 0 fully saturated rings. The van der Waals surface area contributed by atoms with Crippen molar-refractivity contribution in [1.82, 2.24) is 0 Å². The first-order chi connectivity index (χ1) is 17.0. The fourth-order valence-electron chi connectivity index (χ4n) is 4.93. The van der Waals surface area contributed by atoms with Crippen molar-refractivity contribution in [1.29, 1.82) is 0 Å². The number of halogens is 2. The van der Waals surface area contributed by atoms with Crippen LogP contribution < -0.4 is 20.1 Å². The predicted molar refractivity (Wildman–Crippen MR) is 139 cm³/mol. The van der Waals surface area contributed by atoms with Gasteiger partial charge in [0.2, 0.25) is 0 Å². The van der Waals surface area contributed by atoms with Crippen LogP contribution in [0, 0.1) is 5.82 Å². The zero-order valence-corrected chi connectivity index (χ0v) is 21.1. The van der Waals surface area contributed by atoms with E-state index in [1.807, 2.05) is 43.3 Å². The lowest BCUT2D eigenvalue weighted by atomic mass is 9.78. The SMILES string of the molecule is CCOc1cc(C2Nc3ccccc3NC3=C2C(=O)CC(c2ccc(F)cc2)C3)cc(Br)c1OC. The highest BCUT2D eigenvalue weighted by atomic mass is 79.9. The Balaban J connectivity index is 1.63. The van der Waals surface area contributed by atoms with Crippen molar-refractivity contribution in [2.24, 2.45) is 0 Å². The van der Waals surface area contributed by atoms with Crippen LogP contribution in [-0.4, -0.2) is 19.5 Å². The third kappa shape index (κ3) is 4.52. The summed E-state index contributed by atoms with van der Waals surface area (Å²) in [5.41, 5.74) is 5.25. The summed E-state index contributed by atoms with van der Waals surface area (Å²) >= 11 is 3.62. The van der Waals surface area contributed by atoms with E-state index in [9.17, 15) is 9.18 Å². The van der Waals surface area contributed by atoms with Crippen molar-refractivity contribution in [2.45, 2.75) is 31.7 Å². The molecule has 0 spiro atoms. The fraction of sp³-hybridized carbons (Fsp3) is 0.250. The first-order valence-electron chi connectivity index (χ1n) is 11.6. The van der Waals surface area contributed by atoms with Gasteiger partial charge in [0, 0.05) is 17.7 Å². The number of hydrogen-bond donors (Lipinski definition) is 2. The first-order valence-corrected chi connectivity index (χ1v) is 12.4. The lowest BCUT2D eigenvalue weighted by Crippen LogP contribution is -2.27. The second kappa shape index (κ2) is 9.74. The molecule has 5 rings (SSSR count). The third-order valence-electron chi connectivity index (χ3n) is 6.52. The molecule has 2 atom stereocenters. The number of carbonyl (C=O) groups excluding carboxylic acids is 1. The van der Waals surface area contributed by atoms with Crippen molar-refractivity contribution in [2.75, 3.05) is 24.4 Å². The number of rotatable bonds is 5. The summed E-state index contributed by atoms with van der Waals surface area (Å²) in [7, 11) is 1.60. The molecular formula is C28H26BrFN2O3. The Hall–Kier alpha value is -3.32. The van der Waals surface area contributed by atoms with Gasteiger partial charge in [-0.15, -0.1) is 0 Å². The van der Waals surface area contributed by atoms with Crippen molar-refractivity contribution in [3.63, 3.8) is 0 Å². The van der Waals surface area contributed by atoms with Gasteiger partial charge in [0.15, 0.2) is 17.3 Å². The number of Topliss-reactive ketones (excluding diaryl/α,β-unsaturated/α-hetero) is 1. The number of fused-ring (bicyclic) bond motifs is 1. The van der Waals surface area contributed by atoms with Crippen LogP contribution in [0.25, 0.3) is 0 Å². The minimum absolute atomic E-state index is 0.0261. The molecule has 0 bridgehead atoms. The summed E-state index contributed by atoms with van der Waals surface area (Å²) in [5.74, 6) is 0.978. The zero-order valence-electron chi connectivity index (χ0n) is 19.5.